The van der Waals surface area contributed by atoms with Crippen molar-refractivity contribution < 1.29 is 9.59 Å². The molecule has 1 atom stereocenters. The van der Waals surface area contributed by atoms with Crippen LogP contribution in [0, 0.1) is 5.92 Å². The molecule has 8 heteroatoms. The van der Waals surface area contributed by atoms with Crippen LogP contribution < -0.4 is 10.6 Å². The molecule has 2 N–H and O–H groups in total. The first-order valence-electron chi connectivity index (χ1n) is 9.68. The molecule has 1 heterocycles. The molecule has 0 radical (unpaired) electrons. The first-order chi connectivity index (χ1) is 14.5. The number of aromatic nitrogens is 3. The highest BCUT2D eigenvalue weighted by Gasteiger charge is 2.25. The van der Waals surface area contributed by atoms with E-state index in [1.54, 1.807) is 35.3 Å². The molecule has 0 aliphatic carbocycles. The van der Waals surface area contributed by atoms with Gasteiger partial charge in [0.25, 0.3) is 5.91 Å². The van der Waals surface area contributed by atoms with Gasteiger partial charge in [0, 0.05) is 6.54 Å². The summed E-state index contributed by atoms with van der Waals surface area (Å²) < 4.78 is 1.72. The monoisotopic (exact) mass is 425 g/mol. The fraction of sp³-hybridized carbons (Fsp3) is 0.273. The van der Waals surface area contributed by atoms with Gasteiger partial charge < -0.3 is 10.6 Å². The maximum Gasteiger partial charge on any atom is 0.253 e. The van der Waals surface area contributed by atoms with Gasteiger partial charge in [-0.25, -0.2) is 9.67 Å². The highest BCUT2D eigenvalue weighted by Crippen LogP contribution is 2.16. The zero-order valence-electron chi connectivity index (χ0n) is 16.9. The topological polar surface area (TPSA) is 88.9 Å². The van der Waals surface area contributed by atoms with Crippen molar-refractivity contribution in [3.05, 3.63) is 82.9 Å². The number of nitrogens with one attached hydrogen (secondary N) is 2. The summed E-state index contributed by atoms with van der Waals surface area (Å²) in [6, 6.07) is 13.9. The van der Waals surface area contributed by atoms with Gasteiger partial charge in [-0.15, -0.1) is 0 Å². The number of rotatable bonds is 8. The Labute approximate surface area is 180 Å². The Morgan fingerprint density at radius 1 is 1.07 bits per heavy atom. The third-order valence-corrected chi connectivity index (χ3v) is 5.05. The third kappa shape index (κ3) is 5.45. The van der Waals surface area contributed by atoms with Gasteiger partial charge in [0.05, 0.1) is 17.1 Å². The van der Waals surface area contributed by atoms with E-state index in [0.717, 1.165) is 11.1 Å². The van der Waals surface area contributed by atoms with Crippen LogP contribution in [0.25, 0.3) is 0 Å². The Morgan fingerprint density at radius 2 is 1.77 bits per heavy atom. The summed E-state index contributed by atoms with van der Waals surface area (Å²) in [6.07, 6.45) is 3.13. The van der Waals surface area contributed by atoms with E-state index < -0.39 is 6.04 Å². The summed E-state index contributed by atoms with van der Waals surface area (Å²) in [5.41, 5.74) is 2.35. The van der Waals surface area contributed by atoms with Crippen molar-refractivity contribution in [2.75, 3.05) is 0 Å². The minimum absolute atomic E-state index is 0.0955. The van der Waals surface area contributed by atoms with Crippen LogP contribution in [-0.2, 0) is 17.9 Å². The summed E-state index contributed by atoms with van der Waals surface area (Å²) in [5.74, 6) is -0.719. The van der Waals surface area contributed by atoms with Crippen LogP contribution in [0.15, 0.2) is 61.2 Å². The van der Waals surface area contributed by atoms with Gasteiger partial charge in [-0.2, -0.15) is 5.10 Å². The van der Waals surface area contributed by atoms with Crippen LogP contribution >= 0.6 is 11.6 Å². The van der Waals surface area contributed by atoms with Crippen LogP contribution in [0.4, 0.5) is 0 Å². The molecule has 7 nitrogen and oxygen atoms in total. The Morgan fingerprint density at radius 3 is 2.43 bits per heavy atom. The van der Waals surface area contributed by atoms with Gasteiger partial charge in [0.2, 0.25) is 5.91 Å². The smallest absolute Gasteiger partial charge is 0.253 e. The summed E-state index contributed by atoms with van der Waals surface area (Å²) in [6.45, 7) is 4.67. The molecule has 2 aromatic carbocycles. The lowest BCUT2D eigenvalue weighted by Gasteiger charge is -2.22. The SMILES string of the molecule is CC(C)C(NC(=O)c1ccccc1Cl)C(=O)NCc1ccccc1Cn1cncn1. The lowest BCUT2D eigenvalue weighted by molar-refractivity contribution is -0.124. The molecule has 2 amide bonds. The average molecular weight is 426 g/mol. The highest BCUT2D eigenvalue weighted by molar-refractivity contribution is 6.33. The van der Waals surface area contributed by atoms with E-state index in [4.69, 9.17) is 11.6 Å². The molecular formula is C22H24ClN5O2. The fourth-order valence-electron chi connectivity index (χ4n) is 3.06. The van der Waals surface area contributed by atoms with Crippen molar-refractivity contribution in [3.63, 3.8) is 0 Å². The van der Waals surface area contributed by atoms with E-state index in [0.29, 0.717) is 23.7 Å². The third-order valence-electron chi connectivity index (χ3n) is 4.72. The molecule has 0 fully saturated rings. The Balaban J connectivity index is 1.66. The van der Waals surface area contributed by atoms with Crippen LogP contribution in [0.1, 0.15) is 35.3 Å². The maximum atomic E-state index is 12.9. The van der Waals surface area contributed by atoms with Crippen molar-refractivity contribution in [1.82, 2.24) is 25.4 Å². The molecule has 156 valence electrons. The zero-order chi connectivity index (χ0) is 21.5. The van der Waals surface area contributed by atoms with E-state index in [2.05, 4.69) is 20.7 Å². The lowest BCUT2D eigenvalue weighted by Crippen LogP contribution is -2.49. The molecule has 0 spiro atoms. The van der Waals surface area contributed by atoms with E-state index in [9.17, 15) is 9.59 Å². The van der Waals surface area contributed by atoms with E-state index in [1.807, 2.05) is 38.1 Å². The number of halogens is 1. The van der Waals surface area contributed by atoms with Crippen molar-refractivity contribution in [2.45, 2.75) is 33.0 Å². The summed E-state index contributed by atoms with van der Waals surface area (Å²) in [7, 11) is 0. The number of nitrogens with zero attached hydrogens (tertiary/aromatic N) is 3. The van der Waals surface area contributed by atoms with Gasteiger partial charge in [0.1, 0.15) is 18.7 Å². The molecule has 1 aromatic heterocycles. The van der Waals surface area contributed by atoms with Crippen molar-refractivity contribution in [2.24, 2.45) is 5.92 Å². The number of carbonyl (C=O) groups excluding carboxylic acids is 2. The van der Waals surface area contributed by atoms with Gasteiger partial charge in [-0.3, -0.25) is 9.59 Å². The lowest BCUT2D eigenvalue weighted by atomic mass is 10.0. The van der Waals surface area contributed by atoms with Gasteiger partial charge in [-0.1, -0.05) is 61.8 Å². The largest absolute Gasteiger partial charge is 0.350 e. The molecule has 0 aliphatic heterocycles. The minimum Gasteiger partial charge on any atom is -0.350 e. The Hall–Kier alpha value is -3.19. The molecule has 0 saturated carbocycles. The van der Waals surface area contributed by atoms with Crippen LogP contribution in [0.3, 0.4) is 0 Å². The Kier molecular flexibility index (Phi) is 7.19. The van der Waals surface area contributed by atoms with Crippen molar-refractivity contribution >= 4 is 23.4 Å². The predicted molar refractivity (Wildman–Crippen MR) is 115 cm³/mol. The van der Waals surface area contributed by atoms with Crippen LogP contribution in [-0.4, -0.2) is 32.6 Å². The minimum atomic E-state index is -0.684. The van der Waals surface area contributed by atoms with Gasteiger partial charge in [0.15, 0.2) is 0 Å². The molecule has 3 aromatic rings. The van der Waals surface area contributed by atoms with E-state index in [-0.39, 0.29) is 17.7 Å². The van der Waals surface area contributed by atoms with Gasteiger partial charge >= 0.3 is 0 Å². The van der Waals surface area contributed by atoms with Crippen LogP contribution in [0.5, 0.6) is 0 Å². The van der Waals surface area contributed by atoms with Crippen molar-refractivity contribution in [3.8, 4) is 0 Å². The molecular weight excluding hydrogens is 402 g/mol. The second-order valence-electron chi connectivity index (χ2n) is 7.25. The standard InChI is InChI=1S/C22H24ClN5O2/c1-15(2)20(27-21(29)18-9-5-6-10-19(18)23)22(30)25-11-16-7-3-4-8-17(16)12-28-14-24-13-26-28/h3-10,13-15,20H,11-12H2,1-2H3,(H,25,30)(H,27,29). The molecule has 0 aliphatic rings. The quantitative estimate of drug-likeness (QED) is 0.580. The number of hydrogen-bond acceptors (Lipinski definition) is 4. The summed E-state index contributed by atoms with van der Waals surface area (Å²) in [5, 5.41) is 10.2. The van der Waals surface area contributed by atoms with E-state index in [1.165, 1.54) is 6.33 Å². The second-order valence-corrected chi connectivity index (χ2v) is 7.66. The highest BCUT2D eigenvalue weighted by atomic mass is 35.5. The molecule has 0 bridgehead atoms. The number of hydrogen-bond donors (Lipinski definition) is 2. The molecule has 0 saturated heterocycles. The first kappa shape index (κ1) is 21.5. The van der Waals surface area contributed by atoms with E-state index >= 15 is 0 Å². The predicted octanol–water partition coefficient (Wildman–Crippen LogP) is 3.05. The van der Waals surface area contributed by atoms with Gasteiger partial charge in [-0.05, 0) is 29.2 Å². The van der Waals surface area contributed by atoms with Crippen LogP contribution in [0.2, 0.25) is 5.02 Å². The normalized spacial score (nSPS) is 11.9. The Bertz CT molecular complexity index is 1000. The molecule has 1 unspecified atom stereocenters. The summed E-state index contributed by atoms with van der Waals surface area (Å²) >= 11 is 6.11. The fourth-order valence-corrected chi connectivity index (χ4v) is 3.29. The maximum absolute atomic E-state index is 12.9. The second kappa shape index (κ2) is 10.0. The number of amides is 2. The molecule has 3 rings (SSSR count). The average Bonchev–Trinajstić information content (AvgIpc) is 3.24. The number of benzene rings is 2. The number of carbonyl (C=O) groups is 2. The zero-order valence-corrected chi connectivity index (χ0v) is 17.6. The molecule has 30 heavy (non-hydrogen) atoms. The first-order valence-corrected chi connectivity index (χ1v) is 10.1. The summed E-state index contributed by atoms with van der Waals surface area (Å²) in [4.78, 5) is 29.4. The van der Waals surface area contributed by atoms with Crippen molar-refractivity contribution in [1.29, 1.82) is 0 Å².